The van der Waals surface area contributed by atoms with Crippen LogP contribution in [0.3, 0.4) is 0 Å². The zero-order chi connectivity index (χ0) is 13.5. The molecule has 0 spiro atoms. The van der Waals surface area contributed by atoms with Crippen molar-refractivity contribution in [1.29, 1.82) is 0 Å². The average molecular weight is 276 g/mol. The summed E-state index contributed by atoms with van der Waals surface area (Å²) in [6.45, 7) is 0. The summed E-state index contributed by atoms with van der Waals surface area (Å²) in [6, 6.07) is 12.8. The lowest BCUT2D eigenvalue weighted by Crippen LogP contribution is -2.36. The predicted molar refractivity (Wildman–Crippen MR) is 80.4 cm³/mol. The molecule has 0 fully saturated rings. The highest BCUT2D eigenvalue weighted by molar-refractivity contribution is 7.09. The van der Waals surface area contributed by atoms with Gasteiger partial charge in [0.1, 0.15) is 5.75 Å². The molecule has 0 aliphatic carbocycles. The second kappa shape index (κ2) is 7.28. The van der Waals surface area contributed by atoms with E-state index in [1.165, 1.54) is 10.4 Å². The molecule has 2 aromatic rings. The fraction of sp³-hybridized carbons (Fsp3) is 0.333. The molecule has 19 heavy (non-hydrogen) atoms. The Morgan fingerprint density at radius 3 is 2.63 bits per heavy atom. The Labute approximate surface area is 118 Å². The molecule has 0 saturated carbocycles. The van der Waals surface area contributed by atoms with E-state index in [1.807, 2.05) is 12.1 Å². The Balaban J connectivity index is 1.84. The number of aryl methyl sites for hydroxylation is 1. The summed E-state index contributed by atoms with van der Waals surface area (Å²) < 4.78 is 5.16. The van der Waals surface area contributed by atoms with Gasteiger partial charge in [-0.05, 0) is 48.4 Å². The molecule has 4 heteroatoms. The number of rotatable bonds is 7. The fourth-order valence-electron chi connectivity index (χ4n) is 2.05. The minimum absolute atomic E-state index is 0.320. The van der Waals surface area contributed by atoms with Gasteiger partial charge in [0, 0.05) is 10.9 Å². The van der Waals surface area contributed by atoms with Gasteiger partial charge in [0.15, 0.2) is 0 Å². The normalized spacial score (nSPS) is 12.3. The molecule has 1 heterocycles. The van der Waals surface area contributed by atoms with Gasteiger partial charge < -0.3 is 4.74 Å². The van der Waals surface area contributed by atoms with Crippen LogP contribution in [0.2, 0.25) is 0 Å². The van der Waals surface area contributed by atoms with Gasteiger partial charge in [0.2, 0.25) is 0 Å². The van der Waals surface area contributed by atoms with E-state index in [1.54, 1.807) is 18.4 Å². The number of nitrogens with two attached hydrogens (primary N) is 1. The number of hydrazine groups is 1. The molecule has 1 unspecified atom stereocenters. The van der Waals surface area contributed by atoms with Crippen LogP contribution in [-0.4, -0.2) is 13.2 Å². The van der Waals surface area contributed by atoms with Crippen LogP contribution < -0.4 is 16.0 Å². The Kier molecular flexibility index (Phi) is 5.39. The van der Waals surface area contributed by atoms with Crippen molar-refractivity contribution in [2.45, 2.75) is 25.3 Å². The number of hydrogen-bond acceptors (Lipinski definition) is 4. The zero-order valence-corrected chi connectivity index (χ0v) is 12.0. The molecule has 0 bridgehead atoms. The number of benzene rings is 1. The smallest absolute Gasteiger partial charge is 0.118 e. The van der Waals surface area contributed by atoms with Gasteiger partial charge in [0.25, 0.3) is 0 Å². The molecular formula is C15H20N2OS. The van der Waals surface area contributed by atoms with Gasteiger partial charge in [-0.3, -0.25) is 11.3 Å². The first kappa shape index (κ1) is 14.1. The first-order valence-electron chi connectivity index (χ1n) is 6.43. The quantitative estimate of drug-likeness (QED) is 0.604. The number of hydrogen-bond donors (Lipinski definition) is 2. The zero-order valence-electron chi connectivity index (χ0n) is 11.1. The van der Waals surface area contributed by atoms with Crippen LogP contribution >= 0.6 is 11.3 Å². The summed E-state index contributed by atoms with van der Waals surface area (Å²) >= 11 is 1.78. The molecule has 1 aromatic carbocycles. The molecule has 0 amide bonds. The lowest BCUT2D eigenvalue weighted by atomic mass is 10.0. The summed E-state index contributed by atoms with van der Waals surface area (Å²) in [6.07, 6.45) is 3.04. The predicted octanol–water partition coefficient (Wildman–Crippen LogP) is 2.76. The van der Waals surface area contributed by atoms with E-state index in [-0.39, 0.29) is 0 Å². The van der Waals surface area contributed by atoms with Gasteiger partial charge in [0.05, 0.1) is 7.11 Å². The number of ether oxygens (including phenoxy) is 1. The van der Waals surface area contributed by atoms with E-state index in [0.29, 0.717) is 6.04 Å². The lowest BCUT2D eigenvalue weighted by molar-refractivity contribution is 0.414. The third-order valence-electron chi connectivity index (χ3n) is 3.20. The number of thiophene rings is 1. The van der Waals surface area contributed by atoms with Crippen molar-refractivity contribution in [2.24, 2.45) is 5.84 Å². The van der Waals surface area contributed by atoms with Gasteiger partial charge in [-0.1, -0.05) is 18.2 Å². The van der Waals surface area contributed by atoms with Crippen molar-refractivity contribution in [2.75, 3.05) is 7.11 Å². The van der Waals surface area contributed by atoms with Crippen LogP contribution in [0.25, 0.3) is 0 Å². The average Bonchev–Trinajstić information content (AvgIpc) is 2.97. The number of methoxy groups -OCH3 is 1. The third-order valence-corrected chi connectivity index (χ3v) is 4.10. The molecule has 102 valence electrons. The first-order valence-corrected chi connectivity index (χ1v) is 7.31. The highest BCUT2D eigenvalue weighted by atomic mass is 32.1. The van der Waals surface area contributed by atoms with E-state index in [4.69, 9.17) is 10.6 Å². The van der Waals surface area contributed by atoms with Gasteiger partial charge in [-0.2, -0.15) is 0 Å². The maximum atomic E-state index is 5.63. The molecule has 2 rings (SSSR count). The van der Waals surface area contributed by atoms with E-state index in [2.05, 4.69) is 35.1 Å². The van der Waals surface area contributed by atoms with E-state index in [0.717, 1.165) is 25.0 Å². The summed E-state index contributed by atoms with van der Waals surface area (Å²) in [7, 11) is 1.68. The van der Waals surface area contributed by atoms with Crippen LogP contribution in [-0.2, 0) is 12.8 Å². The summed E-state index contributed by atoms with van der Waals surface area (Å²) in [5.74, 6) is 6.53. The molecular weight excluding hydrogens is 256 g/mol. The maximum absolute atomic E-state index is 5.63. The highest BCUT2D eigenvalue weighted by Crippen LogP contribution is 2.16. The highest BCUT2D eigenvalue weighted by Gasteiger charge is 2.08. The van der Waals surface area contributed by atoms with Crippen LogP contribution in [0.1, 0.15) is 16.9 Å². The van der Waals surface area contributed by atoms with Crippen molar-refractivity contribution >= 4 is 11.3 Å². The van der Waals surface area contributed by atoms with Crippen molar-refractivity contribution in [1.82, 2.24) is 5.43 Å². The third kappa shape index (κ3) is 4.35. The van der Waals surface area contributed by atoms with Crippen LogP contribution in [0.5, 0.6) is 5.75 Å². The van der Waals surface area contributed by atoms with E-state index in [9.17, 15) is 0 Å². The molecule has 0 aliphatic heterocycles. The summed E-state index contributed by atoms with van der Waals surface area (Å²) in [4.78, 5) is 1.37. The van der Waals surface area contributed by atoms with E-state index < -0.39 is 0 Å². The lowest BCUT2D eigenvalue weighted by Gasteiger charge is -2.15. The molecule has 3 nitrogen and oxygen atoms in total. The second-order valence-electron chi connectivity index (χ2n) is 4.53. The molecule has 0 radical (unpaired) electrons. The fourth-order valence-corrected chi connectivity index (χ4v) is 2.84. The Morgan fingerprint density at radius 2 is 2.05 bits per heavy atom. The Morgan fingerprint density at radius 1 is 1.26 bits per heavy atom. The van der Waals surface area contributed by atoms with Gasteiger partial charge in [-0.15, -0.1) is 11.3 Å². The Hall–Kier alpha value is -1.36. The Bertz CT molecular complexity index is 467. The number of nitrogens with one attached hydrogen (secondary N) is 1. The van der Waals surface area contributed by atoms with Crippen LogP contribution in [0, 0.1) is 0 Å². The van der Waals surface area contributed by atoms with Crippen molar-refractivity contribution < 1.29 is 4.74 Å². The molecule has 3 N–H and O–H groups in total. The minimum atomic E-state index is 0.320. The molecule has 0 aliphatic rings. The van der Waals surface area contributed by atoms with Crippen molar-refractivity contribution in [3.63, 3.8) is 0 Å². The van der Waals surface area contributed by atoms with Gasteiger partial charge >= 0.3 is 0 Å². The standard InChI is InChI=1S/C15H20N2OS/c1-18-14-8-5-12(6-9-14)4-7-13(17-16)11-15-3-2-10-19-15/h2-3,5-6,8-10,13,17H,4,7,11,16H2,1H3. The van der Waals surface area contributed by atoms with Crippen LogP contribution in [0.15, 0.2) is 41.8 Å². The monoisotopic (exact) mass is 276 g/mol. The first-order chi connectivity index (χ1) is 9.31. The largest absolute Gasteiger partial charge is 0.497 e. The van der Waals surface area contributed by atoms with Crippen LogP contribution in [0.4, 0.5) is 0 Å². The minimum Gasteiger partial charge on any atom is -0.497 e. The van der Waals surface area contributed by atoms with E-state index >= 15 is 0 Å². The molecule has 1 aromatic heterocycles. The van der Waals surface area contributed by atoms with Crippen molar-refractivity contribution in [3.05, 3.63) is 52.2 Å². The SMILES string of the molecule is COc1ccc(CCC(Cc2cccs2)NN)cc1. The molecule has 0 saturated heterocycles. The second-order valence-corrected chi connectivity index (χ2v) is 5.57. The van der Waals surface area contributed by atoms with Gasteiger partial charge in [-0.25, -0.2) is 0 Å². The van der Waals surface area contributed by atoms with Crippen molar-refractivity contribution in [3.8, 4) is 5.75 Å². The summed E-state index contributed by atoms with van der Waals surface area (Å²) in [5.41, 5.74) is 4.23. The summed E-state index contributed by atoms with van der Waals surface area (Å²) in [5, 5.41) is 2.10. The molecule has 1 atom stereocenters. The topological polar surface area (TPSA) is 47.3 Å². The maximum Gasteiger partial charge on any atom is 0.118 e.